The third-order valence-corrected chi connectivity index (χ3v) is 3.29. The van der Waals surface area contributed by atoms with Crippen molar-refractivity contribution in [3.05, 3.63) is 59.7 Å². The molecule has 0 atom stereocenters. The van der Waals surface area contributed by atoms with E-state index in [2.05, 4.69) is 12.1 Å². The summed E-state index contributed by atoms with van der Waals surface area (Å²) in [5, 5.41) is 9.68. The maximum atomic E-state index is 9.68. The van der Waals surface area contributed by atoms with Crippen molar-refractivity contribution < 1.29 is 9.84 Å². The second kappa shape index (κ2) is 6.83. The number of unbranched alkanes of at least 4 members (excludes halogenated alkanes) is 1. The summed E-state index contributed by atoms with van der Waals surface area (Å²) < 4.78 is 5.21. The number of aromatic hydroxyl groups is 1. The molecule has 0 unspecified atom stereocenters. The third kappa shape index (κ3) is 4.02. The molecule has 0 bridgehead atoms. The monoisotopic (exact) mass is 256 g/mol. The number of aryl methyl sites for hydroxylation is 2. The first-order chi connectivity index (χ1) is 9.29. The van der Waals surface area contributed by atoms with Crippen LogP contribution in [0.3, 0.4) is 0 Å². The molecule has 2 rings (SSSR count). The van der Waals surface area contributed by atoms with E-state index in [1.165, 1.54) is 5.56 Å². The molecule has 0 saturated heterocycles. The van der Waals surface area contributed by atoms with E-state index in [9.17, 15) is 5.11 Å². The fraction of sp³-hybridized carbons (Fsp3) is 0.294. The van der Waals surface area contributed by atoms with Gasteiger partial charge in [0.25, 0.3) is 0 Å². The number of para-hydroxylation sites is 1. The number of ether oxygens (including phenoxy) is 1. The van der Waals surface area contributed by atoms with Gasteiger partial charge in [0.15, 0.2) is 0 Å². The van der Waals surface area contributed by atoms with E-state index in [0.29, 0.717) is 5.75 Å². The van der Waals surface area contributed by atoms with Gasteiger partial charge in [-0.05, 0) is 55.0 Å². The summed E-state index contributed by atoms with van der Waals surface area (Å²) in [6.45, 7) is 0. The smallest absolute Gasteiger partial charge is 0.119 e. The molecule has 2 nitrogen and oxygen atoms in total. The predicted molar refractivity (Wildman–Crippen MR) is 77.7 cm³/mol. The fourth-order valence-corrected chi connectivity index (χ4v) is 2.19. The van der Waals surface area contributed by atoms with Gasteiger partial charge < -0.3 is 9.84 Å². The van der Waals surface area contributed by atoms with Crippen LogP contribution >= 0.6 is 0 Å². The Hall–Kier alpha value is -1.96. The Morgan fingerprint density at radius 2 is 1.74 bits per heavy atom. The van der Waals surface area contributed by atoms with Gasteiger partial charge in [-0.3, -0.25) is 0 Å². The van der Waals surface area contributed by atoms with Crippen LogP contribution < -0.4 is 4.74 Å². The highest BCUT2D eigenvalue weighted by molar-refractivity contribution is 5.32. The molecule has 0 aliphatic heterocycles. The minimum absolute atomic E-state index is 0.406. The molecular weight excluding hydrogens is 236 g/mol. The van der Waals surface area contributed by atoms with Crippen molar-refractivity contribution in [2.75, 3.05) is 7.11 Å². The van der Waals surface area contributed by atoms with Crippen molar-refractivity contribution in [1.29, 1.82) is 0 Å². The van der Waals surface area contributed by atoms with Crippen LogP contribution in [0.5, 0.6) is 11.5 Å². The zero-order chi connectivity index (χ0) is 13.5. The van der Waals surface area contributed by atoms with Gasteiger partial charge in [-0.1, -0.05) is 30.3 Å². The highest BCUT2D eigenvalue weighted by atomic mass is 16.5. The molecule has 2 heteroatoms. The topological polar surface area (TPSA) is 29.5 Å². The Morgan fingerprint density at radius 3 is 2.53 bits per heavy atom. The Kier molecular flexibility index (Phi) is 4.85. The number of hydrogen-bond donors (Lipinski definition) is 1. The zero-order valence-electron chi connectivity index (χ0n) is 11.3. The highest BCUT2D eigenvalue weighted by Gasteiger charge is 2.00. The van der Waals surface area contributed by atoms with Gasteiger partial charge in [-0.2, -0.15) is 0 Å². The highest BCUT2D eigenvalue weighted by Crippen LogP contribution is 2.19. The number of phenolic OH excluding ortho intramolecular Hbond substituents is 1. The summed E-state index contributed by atoms with van der Waals surface area (Å²) in [5.41, 5.74) is 2.34. The first kappa shape index (κ1) is 13.5. The largest absolute Gasteiger partial charge is 0.508 e. The van der Waals surface area contributed by atoms with Gasteiger partial charge in [0.1, 0.15) is 11.5 Å². The summed E-state index contributed by atoms with van der Waals surface area (Å²) in [6.07, 6.45) is 4.16. The summed E-state index contributed by atoms with van der Waals surface area (Å²) in [7, 11) is 1.69. The van der Waals surface area contributed by atoms with Gasteiger partial charge in [-0.15, -0.1) is 0 Å². The van der Waals surface area contributed by atoms with E-state index in [1.54, 1.807) is 13.2 Å². The van der Waals surface area contributed by atoms with E-state index < -0.39 is 0 Å². The lowest BCUT2D eigenvalue weighted by Crippen LogP contribution is -1.91. The lowest BCUT2D eigenvalue weighted by molar-refractivity contribution is 0.414. The summed E-state index contributed by atoms with van der Waals surface area (Å²) >= 11 is 0. The number of methoxy groups -OCH3 is 1. The Bertz CT molecular complexity index is 520. The van der Waals surface area contributed by atoms with Crippen molar-refractivity contribution >= 4 is 0 Å². The second-order valence-electron chi connectivity index (χ2n) is 4.69. The summed E-state index contributed by atoms with van der Waals surface area (Å²) in [6, 6.07) is 15.8. The summed E-state index contributed by atoms with van der Waals surface area (Å²) in [4.78, 5) is 0. The van der Waals surface area contributed by atoms with Crippen LogP contribution in [-0.4, -0.2) is 12.2 Å². The molecule has 0 amide bonds. The molecular formula is C17H20O2. The van der Waals surface area contributed by atoms with Crippen LogP contribution in [0.2, 0.25) is 0 Å². The van der Waals surface area contributed by atoms with Crippen molar-refractivity contribution in [1.82, 2.24) is 0 Å². The van der Waals surface area contributed by atoms with Crippen LogP contribution in [0.1, 0.15) is 24.0 Å². The maximum Gasteiger partial charge on any atom is 0.119 e. The first-order valence-electron chi connectivity index (χ1n) is 6.69. The minimum Gasteiger partial charge on any atom is -0.508 e. The Labute approximate surface area is 114 Å². The quantitative estimate of drug-likeness (QED) is 0.792. The van der Waals surface area contributed by atoms with Gasteiger partial charge in [0.2, 0.25) is 0 Å². The van der Waals surface area contributed by atoms with Crippen LogP contribution in [-0.2, 0) is 12.8 Å². The van der Waals surface area contributed by atoms with Crippen LogP contribution in [0, 0.1) is 0 Å². The molecule has 100 valence electrons. The molecule has 1 N–H and O–H groups in total. The van der Waals surface area contributed by atoms with Crippen LogP contribution in [0.4, 0.5) is 0 Å². The molecule has 0 fully saturated rings. The average molecular weight is 256 g/mol. The van der Waals surface area contributed by atoms with Crippen LogP contribution in [0.25, 0.3) is 0 Å². The molecule has 0 aliphatic carbocycles. The first-order valence-corrected chi connectivity index (χ1v) is 6.69. The standard InChI is InChI=1S/C17H20O2/c1-19-16-11-6-8-14(13-16)7-2-3-9-15-10-4-5-12-17(15)18/h4-6,8,10-13,18H,2-3,7,9H2,1H3. The molecule has 2 aromatic carbocycles. The molecule has 0 radical (unpaired) electrons. The second-order valence-corrected chi connectivity index (χ2v) is 4.69. The zero-order valence-corrected chi connectivity index (χ0v) is 11.3. The van der Waals surface area contributed by atoms with Crippen molar-refractivity contribution in [3.63, 3.8) is 0 Å². The van der Waals surface area contributed by atoms with Crippen LogP contribution in [0.15, 0.2) is 48.5 Å². The lowest BCUT2D eigenvalue weighted by atomic mass is 10.0. The summed E-state index contributed by atoms with van der Waals surface area (Å²) in [5.74, 6) is 1.32. The third-order valence-electron chi connectivity index (χ3n) is 3.29. The molecule has 19 heavy (non-hydrogen) atoms. The van der Waals surface area contributed by atoms with E-state index >= 15 is 0 Å². The van der Waals surface area contributed by atoms with E-state index in [0.717, 1.165) is 37.0 Å². The van der Waals surface area contributed by atoms with Gasteiger partial charge in [0, 0.05) is 0 Å². The molecule has 0 saturated carbocycles. The number of phenols is 1. The van der Waals surface area contributed by atoms with Gasteiger partial charge >= 0.3 is 0 Å². The molecule has 0 spiro atoms. The maximum absolute atomic E-state index is 9.68. The van der Waals surface area contributed by atoms with E-state index in [1.807, 2.05) is 30.3 Å². The normalized spacial score (nSPS) is 10.4. The Morgan fingerprint density at radius 1 is 0.947 bits per heavy atom. The van der Waals surface area contributed by atoms with Gasteiger partial charge in [-0.25, -0.2) is 0 Å². The van der Waals surface area contributed by atoms with Gasteiger partial charge in [0.05, 0.1) is 7.11 Å². The number of benzene rings is 2. The van der Waals surface area contributed by atoms with Crippen molar-refractivity contribution in [3.8, 4) is 11.5 Å². The molecule has 0 aliphatic rings. The minimum atomic E-state index is 0.406. The average Bonchev–Trinajstić information content (AvgIpc) is 2.45. The molecule has 0 heterocycles. The fourth-order valence-electron chi connectivity index (χ4n) is 2.19. The molecule has 0 aromatic heterocycles. The Balaban J connectivity index is 1.79. The number of hydrogen-bond acceptors (Lipinski definition) is 2. The van der Waals surface area contributed by atoms with E-state index in [-0.39, 0.29) is 0 Å². The van der Waals surface area contributed by atoms with Crippen molar-refractivity contribution in [2.45, 2.75) is 25.7 Å². The number of rotatable bonds is 6. The molecule has 2 aromatic rings. The van der Waals surface area contributed by atoms with E-state index in [4.69, 9.17) is 4.74 Å². The predicted octanol–water partition coefficient (Wildman–Crippen LogP) is 3.97. The lowest BCUT2D eigenvalue weighted by Gasteiger charge is -2.06. The van der Waals surface area contributed by atoms with Crippen molar-refractivity contribution in [2.24, 2.45) is 0 Å². The SMILES string of the molecule is COc1cccc(CCCCc2ccccc2O)c1.